The van der Waals surface area contributed by atoms with E-state index in [1.54, 1.807) is 0 Å². The first-order valence-corrected chi connectivity index (χ1v) is 6.16. The smallest absolute Gasteiger partial charge is 0.146 e. The van der Waals surface area contributed by atoms with Gasteiger partial charge in [-0.15, -0.1) is 0 Å². The molecular formula is C13H17N3. The van der Waals surface area contributed by atoms with Crippen LogP contribution in [-0.4, -0.2) is 14.6 Å². The van der Waals surface area contributed by atoms with Crippen molar-refractivity contribution in [2.24, 2.45) is 0 Å². The molecule has 0 N–H and O–H groups in total. The summed E-state index contributed by atoms with van der Waals surface area (Å²) in [5.41, 5.74) is 2.49. The lowest BCUT2D eigenvalue weighted by atomic mass is 9.87. The van der Waals surface area contributed by atoms with Gasteiger partial charge in [0.25, 0.3) is 0 Å². The Hall–Kier alpha value is -1.38. The van der Waals surface area contributed by atoms with Crippen molar-refractivity contribution in [3.8, 4) is 0 Å². The second kappa shape index (κ2) is 3.89. The van der Waals surface area contributed by atoms with Crippen LogP contribution in [-0.2, 0) is 0 Å². The standard InChI is InChI=1S/C13H17N3/c1-10-14-9-12-7-8-13(16(12)15-10)11-5-3-2-4-6-11/h7-9,11H,2-6H2,1H3. The van der Waals surface area contributed by atoms with Crippen molar-refractivity contribution in [2.75, 3.05) is 0 Å². The van der Waals surface area contributed by atoms with Gasteiger partial charge >= 0.3 is 0 Å². The molecule has 0 aliphatic heterocycles. The molecule has 0 spiro atoms. The van der Waals surface area contributed by atoms with Crippen molar-refractivity contribution < 1.29 is 0 Å². The van der Waals surface area contributed by atoms with E-state index in [9.17, 15) is 0 Å². The van der Waals surface area contributed by atoms with E-state index in [0.717, 1.165) is 11.3 Å². The zero-order valence-electron chi connectivity index (χ0n) is 9.69. The fourth-order valence-corrected chi connectivity index (χ4v) is 2.71. The fraction of sp³-hybridized carbons (Fsp3) is 0.538. The maximum atomic E-state index is 4.52. The number of nitrogens with zero attached hydrogens (tertiary/aromatic N) is 3. The molecule has 0 radical (unpaired) electrons. The Morgan fingerprint density at radius 2 is 2.00 bits per heavy atom. The van der Waals surface area contributed by atoms with Gasteiger partial charge in [-0.3, -0.25) is 0 Å². The van der Waals surface area contributed by atoms with Crippen LogP contribution in [0.3, 0.4) is 0 Å². The van der Waals surface area contributed by atoms with E-state index < -0.39 is 0 Å². The average Bonchev–Trinajstić information content (AvgIpc) is 2.73. The van der Waals surface area contributed by atoms with Gasteiger partial charge in [-0.25, -0.2) is 9.50 Å². The summed E-state index contributed by atoms with van der Waals surface area (Å²) in [7, 11) is 0. The Morgan fingerprint density at radius 3 is 2.81 bits per heavy atom. The molecule has 0 bridgehead atoms. The topological polar surface area (TPSA) is 30.2 Å². The van der Waals surface area contributed by atoms with Crippen LogP contribution in [0.4, 0.5) is 0 Å². The van der Waals surface area contributed by atoms with E-state index in [0.29, 0.717) is 5.92 Å². The van der Waals surface area contributed by atoms with Crippen LogP contribution in [0.15, 0.2) is 18.3 Å². The minimum absolute atomic E-state index is 0.700. The fourth-order valence-electron chi connectivity index (χ4n) is 2.71. The lowest BCUT2D eigenvalue weighted by Gasteiger charge is -2.21. The van der Waals surface area contributed by atoms with E-state index in [1.165, 1.54) is 37.8 Å². The summed E-state index contributed by atoms with van der Waals surface area (Å²) < 4.78 is 2.08. The van der Waals surface area contributed by atoms with E-state index in [1.807, 2.05) is 13.1 Å². The molecule has 3 nitrogen and oxygen atoms in total. The molecule has 2 heterocycles. The molecular weight excluding hydrogens is 198 g/mol. The van der Waals surface area contributed by atoms with Gasteiger partial charge in [0.2, 0.25) is 0 Å². The molecule has 3 rings (SSSR count). The second-order valence-corrected chi connectivity index (χ2v) is 4.74. The second-order valence-electron chi connectivity index (χ2n) is 4.74. The lowest BCUT2D eigenvalue weighted by Crippen LogP contribution is -2.09. The van der Waals surface area contributed by atoms with Crippen LogP contribution in [0.1, 0.15) is 49.5 Å². The predicted molar refractivity (Wildman–Crippen MR) is 63.6 cm³/mol. The van der Waals surface area contributed by atoms with Crippen molar-refractivity contribution >= 4 is 5.52 Å². The Bertz CT molecular complexity index is 495. The Balaban J connectivity index is 2.05. The highest BCUT2D eigenvalue weighted by molar-refractivity contribution is 5.46. The van der Waals surface area contributed by atoms with Gasteiger partial charge in [0.1, 0.15) is 5.82 Å². The summed E-state index contributed by atoms with van der Waals surface area (Å²) in [4.78, 5) is 4.23. The number of hydrogen-bond acceptors (Lipinski definition) is 2. The van der Waals surface area contributed by atoms with Gasteiger partial charge in [-0.05, 0) is 31.9 Å². The summed E-state index contributed by atoms with van der Waals surface area (Å²) in [6.45, 7) is 1.95. The molecule has 0 unspecified atom stereocenters. The number of rotatable bonds is 1. The van der Waals surface area contributed by atoms with E-state index in [-0.39, 0.29) is 0 Å². The minimum atomic E-state index is 0.700. The first-order valence-electron chi connectivity index (χ1n) is 6.16. The summed E-state index contributed by atoms with van der Waals surface area (Å²) in [6, 6.07) is 4.35. The largest absolute Gasteiger partial charge is 0.238 e. The number of aromatic nitrogens is 3. The average molecular weight is 215 g/mol. The Morgan fingerprint density at radius 1 is 1.19 bits per heavy atom. The molecule has 0 atom stereocenters. The first kappa shape index (κ1) is 9.82. The van der Waals surface area contributed by atoms with Crippen LogP contribution >= 0.6 is 0 Å². The summed E-state index contributed by atoms with van der Waals surface area (Å²) in [6.07, 6.45) is 8.66. The molecule has 0 saturated heterocycles. The molecule has 2 aromatic heterocycles. The van der Waals surface area contributed by atoms with Gasteiger partial charge in [-0.2, -0.15) is 5.10 Å². The predicted octanol–water partition coefficient (Wildman–Crippen LogP) is 3.09. The minimum Gasteiger partial charge on any atom is -0.238 e. The van der Waals surface area contributed by atoms with Crippen molar-refractivity contribution in [2.45, 2.75) is 44.9 Å². The van der Waals surface area contributed by atoms with E-state index >= 15 is 0 Å². The molecule has 84 valence electrons. The maximum absolute atomic E-state index is 4.52. The van der Waals surface area contributed by atoms with Crippen LogP contribution in [0.5, 0.6) is 0 Å². The van der Waals surface area contributed by atoms with Crippen LogP contribution in [0.25, 0.3) is 5.52 Å². The maximum Gasteiger partial charge on any atom is 0.146 e. The molecule has 2 aromatic rings. The van der Waals surface area contributed by atoms with Gasteiger partial charge in [0.15, 0.2) is 0 Å². The highest BCUT2D eigenvalue weighted by Crippen LogP contribution is 2.32. The molecule has 1 aliphatic carbocycles. The molecule has 16 heavy (non-hydrogen) atoms. The molecule has 1 fully saturated rings. The van der Waals surface area contributed by atoms with Crippen molar-refractivity contribution in [1.29, 1.82) is 0 Å². The quantitative estimate of drug-likeness (QED) is 0.731. The molecule has 3 heteroatoms. The third-order valence-corrected chi connectivity index (χ3v) is 3.57. The van der Waals surface area contributed by atoms with Gasteiger partial charge in [-0.1, -0.05) is 19.3 Å². The van der Waals surface area contributed by atoms with Gasteiger partial charge in [0.05, 0.1) is 11.7 Å². The lowest BCUT2D eigenvalue weighted by molar-refractivity contribution is 0.431. The molecule has 1 saturated carbocycles. The Kier molecular flexibility index (Phi) is 2.39. The molecule has 0 amide bonds. The Labute approximate surface area is 95.5 Å². The number of hydrogen-bond donors (Lipinski definition) is 0. The molecule has 1 aliphatic rings. The zero-order valence-corrected chi connectivity index (χ0v) is 9.69. The van der Waals surface area contributed by atoms with Gasteiger partial charge in [0, 0.05) is 11.6 Å². The summed E-state index contributed by atoms with van der Waals surface area (Å²) in [5.74, 6) is 1.55. The van der Waals surface area contributed by atoms with Crippen LogP contribution in [0, 0.1) is 6.92 Å². The first-order chi connectivity index (χ1) is 7.84. The zero-order chi connectivity index (χ0) is 11.0. The van der Waals surface area contributed by atoms with Crippen LogP contribution < -0.4 is 0 Å². The van der Waals surface area contributed by atoms with Crippen LogP contribution in [0.2, 0.25) is 0 Å². The number of fused-ring (bicyclic) bond motifs is 1. The third kappa shape index (κ3) is 1.60. The summed E-state index contributed by atoms with van der Waals surface area (Å²) >= 11 is 0. The number of aryl methyl sites for hydroxylation is 1. The van der Waals surface area contributed by atoms with E-state index in [4.69, 9.17) is 0 Å². The SMILES string of the molecule is Cc1ncc2ccc(C3CCCCC3)n2n1. The third-order valence-electron chi connectivity index (χ3n) is 3.57. The normalized spacial score (nSPS) is 18.1. The van der Waals surface area contributed by atoms with E-state index in [2.05, 4.69) is 26.7 Å². The highest BCUT2D eigenvalue weighted by Gasteiger charge is 2.18. The van der Waals surface area contributed by atoms with Crippen molar-refractivity contribution in [3.63, 3.8) is 0 Å². The highest BCUT2D eigenvalue weighted by atomic mass is 15.3. The monoisotopic (exact) mass is 215 g/mol. The van der Waals surface area contributed by atoms with Crippen molar-refractivity contribution in [3.05, 3.63) is 29.8 Å². The van der Waals surface area contributed by atoms with Gasteiger partial charge < -0.3 is 0 Å². The summed E-state index contributed by atoms with van der Waals surface area (Å²) in [5, 5.41) is 4.52. The van der Waals surface area contributed by atoms with Crippen molar-refractivity contribution in [1.82, 2.24) is 14.6 Å². The molecule has 0 aromatic carbocycles.